The molecule has 1 aromatic heterocycles. The van der Waals surface area contributed by atoms with Gasteiger partial charge in [0.15, 0.2) is 0 Å². The van der Waals surface area contributed by atoms with E-state index in [-0.39, 0.29) is 22.2 Å². The van der Waals surface area contributed by atoms with Crippen molar-refractivity contribution in [2.45, 2.75) is 5.22 Å². The summed E-state index contributed by atoms with van der Waals surface area (Å²) in [4.78, 5) is 14.6. The maximum atomic E-state index is 13.0. The van der Waals surface area contributed by atoms with Crippen molar-refractivity contribution in [3.05, 3.63) is 29.6 Å². The van der Waals surface area contributed by atoms with E-state index in [1.807, 2.05) is 0 Å². The molecule has 0 aliphatic rings. The van der Waals surface area contributed by atoms with Gasteiger partial charge in [-0.1, -0.05) is 17.8 Å². The van der Waals surface area contributed by atoms with Crippen molar-refractivity contribution in [1.29, 1.82) is 0 Å². The average Bonchev–Trinajstić information content (AvgIpc) is 2.64. The number of hydrogen-bond donors (Lipinski definition) is 2. The minimum atomic E-state index is -1.19. The molecule has 2 rings (SSSR count). The molecule has 0 saturated carbocycles. The average molecular weight is 240 g/mol. The number of carboxylic acid groups (broad SMARTS) is 1. The normalized spacial score (nSPS) is 10.4. The molecule has 0 unspecified atom stereocenters. The van der Waals surface area contributed by atoms with Gasteiger partial charge < -0.3 is 9.63 Å². The molecule has 0 aliphatic heterocycles. The van der Waals surface area contributed by atoms with Crippen molar-refractivity contribution in [2.75, 3.05) is 0 Å². The van der Waals surface area contributed by atoms with E-state index in [9.17, 15) is 9.18 Å². The molecule has 5 nitrogen and oxygen atoms in total. The first-order chi connectivity index (χ1) is 7.58. The zero-order valence-corrected chi connectivity index (χ0v) is 8.61. The number of halogens is 1. The molecule has 0 aliphatic carbocycles. The van der Waals surface area contributed by atoms with Gasteiger partial charge in [0.05, 0.1) is 5.56 Å². The molecular formula is C9H5FN2O3S. The quantitative estimate of drug-likeness (QED) is 0.783. The summed E-state index contributed by atoms with van der Waals surface area (Å²) in [7, 11) is 0. The van der Waals surface area contributed by atoms with Crippen LogP contribution in [0.25, 0.3) is 11.4 Å². The van der Waals surface area contributed by atoms with Crippen LogP contribution in [-0.2, 0) is 0 Å². The van der Waals surface area contributed by atoms with E-state index in [4.69, 9.17) is 5.11 Å². The molecule has 0 bridgehead atoms. The number of benzene rings is 1. The molecule has 0 radical (unpaired) electrons. The number of aromatic carboxylic acids is 1. The van der Waals surface area contributed by atoms with Gasteiger partial charge in [0.25, 0.3) is 5.22 Å². The Labute approximate surface area is 94.3 Å². The van der Waals surface area contributed by atoms with Crippen LogP contribution in [0, 0.1) is 5.82 Å². The predicted molar refractivity (Wildman–Crippen MR) is 53.9 cm³/mol. The predicted octanol–water partition coefficient (Wildman–Crippen LogP) is 1.86. The van der Waals surface area contributed by atoms with Gasteiger partial charge in [-0.25, -0.2) is 9.18 Å². The highest BCUT2D eigenvalue weighted by Crippen LogP contribution is 2.22. The smallest absolute Gasteiger partial charge is 0.336 e. The van der Waals surface area contributed by atoms with Crippen LogP contribution >= 0.6 is 12.6 Å². The summed E-state index contributed by atoms with van der Waals surface area (Å²) < 4.78 is 17.6. The van der Waals surface area contributed by atoms with Crippen LogP contribution < -0.4 is 0 Å². The molecule has 1 heterocycles. The summed E-state index contributed by atoms with van der Waals surface area (Å²) in [6.45, 7) is 0. The molecule has 0 amide bonds. The third-order valence-electron chi connectivity index (χ3n) is 1.87. The Kier molecular flexibility index (Phi) is 2.61. The second kappa shape index (κ2) is 3.93. The summed E-state index contributed by atoms with van der Waals surface area (Å²) in [5.74, 6) is -1.78. The Morgan fingerprint density at radius 2 is 2.25 bits per heavy atom. The Hall–Kier alpha value is -1.89. The number of nitrogens with zero attached hydrogens (tertiary/aromatic N) is 2. The third-order valence-corrected chi connectivity index (χ3v) is 2.05. The van der Waals surface area contributed by atoms with Gasteiger partial charge in [0.1, 0.15) is 5.82 Å². The monoisotopic (exact) mass is 240 g/mol. The van der Waals surface area contributed by atoms with Gasteiger partial charge in [-0.2, -0.15) is 4.98 Å². The fourth-order valence-electron chi connectivity index (χ4n) is 1.21. The first kappa shape index (κ1) is 10.6. The van der Waals surface area contributed by atoms with Gasteiger partial charge in [-0.05, 0) is 18.2 Å². The molecule has 2 aromatic rings. The van der Waals surface area contributed by atoms with Crippen LogP contribution in [0.15, 0.2) is 27.9 Å². The first-order valence-electron chi connectivity index (χ1n) is 4.14. The molecule has 1 aromatic carbocycles. The third kappa shape index (κ3) is 1.89. The fraction of sp³-hybridized carbons (Fsp3) is 0. The van der Waals surface area contributed by atoms with Gasteiger partial charge in [0.2, 0.25) is 5.82 Å². The lowest BCUT2D eigenvalue weighted by Crippen LogP contribution is -2.00. The molecule has 0 spiro atoms. The van der Waals surface area contributed by atoms with Crippen LogP contribution in [0.3, 0.4) is 0 Å². The zero-order chi connectivity index (χ0) is 11.7. The first-order valence-corrected chi connectivity index (χ1v) is 4.58. The molecule has 0 atom stereocenters. The standard InChI is InChI=1S/C9H5FN2O3S/c10-4-1-2-5(8(13)14)6(3-4)7-11-9(16)15-12-7/h1-3H,(H,13,14)(H,11,12,16). The van der Waals surface area contributed by atoms with Crippen molar-refractivity contribution in [2.24, 2.45) is 0 Å². The minimum Gasteiger partial charge on any atom is -0.478 e. The van der Waals surface area contributed by atoms with E-state index in [2.05, 4.69) is 27.3 Å². The number of carboxylic acids is 1. The molecular weight excluding hydrogens is 235 g/mol. The fourth-order valence-corrected chi connectivity index (χ4v) is 1.35. The Morgan fingerprint density at radius 3 is 2.81 bits per heavy atom. The van der Waals surface area contributed by atoms with Crippen LogP contribution in [0.2, 0.25) is 0 Å². The molecule has 0 fully saturated rings. The lowest BCUT2D eigenvalue weighted by atomic mass is 10.1. The highest BCUT2D eigenvalue weighted by atomic mass is 32.1. The van der Waals surface area contributed by atoms with Crippen LogP contribution in [0.1, 0.15) is 10.4 Å². The van der Waals surface area contributed by atoms with E-state index in [1.165, 1.54) is 0 Å². The van der Waals surface area contributed by atoms with Gasteiger partial charge >= 0.3 is 5.97 Å². The van der Waals surface area contributed by atoms with Crippen molar-refractivity contribution in [3.8, 4) is 11.4 Å². The SMILES string of the molecule is O=C(O)c1ccc(F)cc1-c1noc(S)n1. The van der Waals surface area contributed by atoms with Crippen molar-refractivity contribution in [1.82, 2.24) is 10.1 Å². The molecule has 82 valence electrons. The summed E-state index contributed by atoms with van der Waals surface area (Å²) >= 11 is 3.79. The van der Waals surface area contributed by atoms with Crippen molar-refractivity contribution in [3.63, 3.8) is 0 Å². The zero-order valence-electron chi connectivity index (χ0n) is 7.72. The highest BCUT2D eigenvalue weighted by molar-refractivity contribution is 7.80. The van der Waals surface area contributed by atoms with Crippen LogP contribution in [0.4, 0.5) is 4.39 Å². The maximum Gasteiger partial charge on any atom is 0.336 e. The van der Waals surface area contributed by atoms with E-state index < -0.39 is 11.8 Å². The number of rotatable bonds is 2. The molecule has 16 heavy (non-hydrogen) atoms. The summed E-state index contributed by atoms with van der Waals surface area (Å²) in [5, 5.41) is 12.4. The van der Waals surface area contributed by atoms with E-state index in [0.29, 0.717) is 0 Å². The second-order valence-corrected chi connectivity index (χ2v) is 3.28. The molecule has 7 heteroatoms. The second-order valence-electron chi connectivity index (χ2n) is 2.90. The van der Waals surface area contributed by atoms with Crippen molar-refractivity contribution >= 4 is 18.6 Å². The molecule has 0 saturated heterocycles. The lowest BCUT2D eigenvalue weighted by Gasteiger charge is -2.00. The topological polar surface area (TPSA) is 76.2 Å². The highest BCUT2D eigenvalue weighted by Gasteiger charge is 2.16. The van der Waals surface area contributed by atoms with Crippen LogP contribution in [-0.4, -0.2) is 21.2 Å². The van der Waals surface area contributed by atoms with E-state index in [1.54, 1.807) is 0 Å². The van der Waals surface area contributed by atoms with E-state index >= 15 is 0 Å². The van der Waals surface area contributed by atoms with Gasteiger partial charge in [-0.3, -0.25) is 0 Å². The largest absolute Gasteiger partial charge is 0.478 e. The Bertz CT molecular complexity index is 555. The summed E-state index contributed by atoms with van der Waals surface area (Å²) in [6, 6.07) is 3.22. The Balaban J connectivity index is 2.62. The summed E-state index contributed by atoms with van der Waals surface area (Å²) in [5.41, 5.74) is -0.0490. The van der Waals surface area contributed by atoms with Gasteiger partial charge in [-0.15, -0.1) is 0 Å². The summed E-state index contributed by atoms with van der Waals surface area (Å²) in [6.07, 6.45) is 0. The van der Waals surface area contributed by atoms with Gasteiger partial charge in [0, 0.05) is 5.56 Å². The van der Waals surface area contributed by atoms with Crippen LogP contribution in [0.5, 0.6) is 0 Å². The minimum absolute atomic E-state index is 0.0121. The molecule has 1 N–H and O–H groups in total. The van der Waals surface area contributed by atoms with E-state index in [0.717, 1.165) is 18.2 Å². The Morgan fingerprint density at radius 1 is 1.50 bits per heavy atom. The number of carbonyl (C=O) groups is 1. The lowest BCUT2D eigenvalue weighted by molar-refractivity contribution is 0.0697. The number of hydrogen-bond acceptors (Lipinski definition) is 5. The number of thiol groups is 1. The van der Waals surface area contributed by atoms with Crippen molar-refractivity contribution < 1.29 is 18.8 Å². The maximum absolute atomic E-state index is 13.0. The number of aromatic nitrogens is 2.